The fourth-order valence-electron chi connectivity index (χ4n) is 2.16. The molecule has 4 heteroatoms. The number of aromatic nitrogens is 1. The summed E-state index contributed by atoms with van der Waals surface area (Å²) in [6.07, 6.45) is 0. The molecule has 0 aliphatic heterocycles. The molecule has 3 nitrogen and oxygen atoms in total. The van der Waals surface area contributed by atoms with Crippen LogP contribution in [0.15, 0.2) is 30.3 Å². The molecule has 0 saturated carbocycles. The van der Waals surface area contributed by atoms with Crippen LogP contribution in [0.25, 0.3) is 10.9 Å². The van der Waals surface area contributed by atoms with E-state index in [1.165, 1.54) is 10.9 Å². The van der Waals surface area contributed by atoms with Crippen molar-refractivity contribution in [3.8, 4) is 0 Å². The minimum absolute atomic E-state index is 0.709. The van der Waals surface area contributed by atoms with Crippen molar-refractivity contribution in [1.82, 2.24) is 4.98 Å². The molecule has 2 aromatic rings. The number of aryl methyl sites for hydroxylation is 1. The number of hydrogen-bond acceptors (Lipinski definition) is 3. The van der Waals surface area contributed by atoms with Gasteiger partial charge in [-0.25, -0.2) is 4.98 Å². The van der Waals surface area contributed by atoms with Gasteiger partial charge < -0.3 is 9.64 Å². The van der Waals surface area contributed by atoms with Crippen molar-refractivity contribution in [3.05, 3.63) is 35.9 Å². The molecular formula is C15H19BrN2O. The highest BCUT2D eigenvalue weighted by molar-refractivity contribution is 9.09. The molecule has 0 aliphatic rings. The van der Waals surface area contributed by atoms with Gasteiger partial charge in [-0.15, -0.1) is 0 Å². The van der Waals surface area contributed by atoms with E-state index in [-0.39, 0.29) is 0 Å². The van der Waals surface area contributed by atoms with Crippen LogP contribution in [0.5, 0.6) is 0 Å². The van der Waals surface area contributed by atoms with Crippen LogP contribution < -0.4 is 4.90 Å². The second-order valence-corrected chi connectivity index (χ2v) is 5.28. The van der Waals surface area contributed by atoms with Crippen LogP contribution >= 0.6 is 15.9 Å². The minimum atomic E-state index is 0.709. The van der Waals surface area contributed by atoms with E-state index in [9.17, 15) is 0 Å². The normalized spacial score (nSPS) is 10.9. The number of methoxy groups -OCH3 is 1. The summed E-state index contributed by atoms with van der Waals surface area (Å²) in [5.74, 6) is 1.05. The number of para-hydroxylation sites is 1. The van der Waals surface area contributed by atoms with E-state index in [0.717, 1.165) is 29.8 Å². The SMILES string of the molecule is COCCN(CCBr)c1nc2ccccc2cc1C. The number of pyridine rings is 1. The van der Waals surface area contributed by atoms with Gasteiger partial charge in [-0.3, -0.25) is 0 Å². The van der Waals surface area contributed by atoms with Gasteiger partial charge >= 0.3 is 0 Å². The Balaban J connectivity index is 2.37. The molecule has 0 spiro atoms. The summed E-state index contributed by atoms with van der Waals surface area (Å²) in [4.78, 5) is 7.06. The summed E-state index contributed by atoms with van der Waals surface area (Å²) in [6.45, 7) is 4.60. The van der Waals surface area contributed by atoms with Gasteiger partial charge in [-0.2, -0.15) is 0 Å². The zero-order valence-electron chi connectivity index (χ0n) is 11.4. The molecule has 0 unspecified atom stereocenters. The van der Waals surface area contributed by atoms with Gasteiger partial charge in [0.05, 0.1) is 12.1 Å². The third kappa shape index (κ3) is 3.45. The lowest BCUT2D eigenvalue weighted by atomic mass is 10.1. The molecule has 1 heterocycles. The first-order valence-electron chi connectivity index (χ1n) is 6.42. The summed E-state index contributed by atoms with van der Waals surface area (Å²) in [5.41, 5.74) is 2.25. The van der Waals surface area contributed by atoms with Crippen LogP contribution in [0.1, 0.15) is 5.56 Å². The van der Waals surface area contributed by atoms with E-state index in [4.69, 9.17) is 9.72 Å². The third-order valence-electron chi connectivity index (χ3n) is 3.11. The highest BCUT2D eigenvalue weighted by Crippen LogP contribution is 2.22. The van der Waals surface area contributed by atoms with Crippen LogP contribution in [-0.2, 0) is 4.74 Å². The molecule has 1 aromatic heterocycles. The van der Waals surface area contributed by atoms with Crippen molar-refractivity contribution in [2.75, 3.05) is 37.0 Å². The van der Waals surface area contributed by atoms with E-state index in [1.807, 2.05) is 12.1 Å². The largest absolute Gasteiger partial charge is 0.383 e. The average molecular weight is 323 g/mol. The Morgan fingerprint density at radius 2 is 2.05 bits per heavy atom. The van der Waals surface area contributed by atoms with Crippen LogP contribution in [0.2, 0.25) is 0 Å². The van der Waals surface area contributed by atoms with Gasteiger partial charge in [0, 0.05) is 30.9 Å². The first-order valence-corrected chi connectivity index (χ1v) is 7.54. The summed E-state index contributed by atoms with van der Waals surface area (Å²) in [7, 11) is 1.73. The molecule has 0 atom stereocenters. The molecule has 0 fully saturated rings. The van der Waals surface area contributed by atoms with E-state index in [1.54, 1.807) is 7.11 Å². The second kappa shape index (κ2) is 6.87. The number of nitrogens with zero attached hydrogens (tertiary/aromatic N) is 2. The Morgan fingerprint density at radius 3 is 2.79 bits per heavy atom. The molecule has 0 aliphatic carbocycles. The van der Waals surface area contributed by atoms with Crippen LogP contribution in [-0.4, -0.2) is 37.1 Å². The first kappa shape index (κ1) is 14.3. The van der Waals surface area contributed by atoms with Gasteiger partial charge in [-0.05, 0) is 24.6 Å². The number of halogens is 1. The number of benzene rings is 1. The van der Waals surface area contributed by atoms with Crippen LogP contribution in [0, 0.1) is 6.92 Å². The lowest BCUT2D eigenvalue weighted by Gasteiger charge is -2.24. The fourth-order valence-corrected chi connectivity index (χ4v) is 2.59. The first-order chi connectivity index (χ1) is 9.26. The Hall–Kier alpha value is -1.13. The van der Waals surface area contributed by atoms with E-state index in [0.29, 0.717) is 6.61 Å². The molecule has 0 N–H and O–H groups in total. The maximum Gasteiger partial charge on any atom is 0.132 e. The van der Waals surface area contributed by atoms with Crippen LogP contribution in [0.3, 0.4) is 0 Å². The predicted octanol–water partition coefficient (Wildman–Crippen LogP) is 3.39. The lowest BCUT2D eigenvalue weighted by Crippen LogP contribution is -2.30. The zero-order valence-corrected chi connectivity index (χ0v) is 13.0. The van der Waals surface area contributed by atoms with E-state index < -0.39 is 0 Å². The fraction of sp³-hybridized carbons (Fsp3) is 0.400. The van der Waals surface area contributed by atoms with Crippen LogP contribution in [0.4, 0.5) is 5.82 Å². The van der Waals surface area contributed by atoms with Gasteiger partial charge in [0.1, 0.15) is 5.82 Å². The molecule has 0 radical (unpaired) electrons. The quantitative estimate of drug-likeness (QED) is 0.762. The van der Waals surface area contributed by atoms with Gasteiger partial charge in [-0.1, -0.05) is 34.1 Å². The topological polar surface area (TPSA) is 25.4 Å². The van der Waals surface area contributed by atoms with Crippen molar-refractivity contribution in [3.63, 3.8) is 0 Å². The van der Waals surface area contributed by atoms with Gasteiger partial charge in [0.2, 0.25) is 0 Å². The Morgan fingerprint density at radius 1 is 1.26 bits per heavy atom. The molecule has 0 amide bonds. The second-order valence-electron chi connectivity index (χ2n) is 4.49. The zero-order chi connectivity index (χ0) is 13.7. The monoisotopic (exact) mass is 322 g/mol. The van der Waals surface area contributed by atoms with E-state index >= 15 is 0 Å². The van der Waals surface area contributed by atoms with Gasteiger partial charge in [0.15, 0.2) is 0 Å². The van der Waals surface area contributed by atoms with E-state index in [2.05, 4.69) is 46.0 Å². The molecule has 0 saturated heterocycles. The summed E-state index contributed by atoms with van der Waals surface area (Å²) < 4.78 is 5.18. The van der Waals surface area contributed by atoms with Crippen molar-refractivity contribution >= 4 is 32.7 Å². The summed E-state index contributed by atoms with van der Waals surface area (Å²) in [6, 6.07) is 10.4. The molecule has 1 aromatic carbocycles. The number of fused-ring (bicyclic) bond motifs is 1. The highest BCUT2D eigenvalue weighted by Gasteiger charge is 2.11. The lowest BCUT2D eigenvalue weighted by molar-refractivity contribution is 0.205. The minimum Gasteiger partial charge on any atom is -0.383 e. The molecular weight excluding hydrogens is 304 g/mol. The van der Waals surface area contributed by atoms with Crippen molar-refractivity contribution in [1.29, 1.82) is 0 Å². The van der Waals surface area contributed by atoms with Gasteiger partial charge in [0.25, 0.3) is 0 Å². The third-order valence-corrected chi connectivity index (χ3v) is 3.46. The molecule has 2 rings (SSSR count). The number of hydrogen-bond donors (Lipinski definition) is 0. The average Bonchev–Trinajstić information content (AvgIpc) is 2.43. The smallest absolute Gasteiger partial charge is 0.132 e. The number of rotatable bonds is 6. The highest BCUT2D eigenvalue weighted by atomic mass is 79.9. The standard InChI is InChI=1S/C15H19BrN2O/c1-12-11-13-5-3-4-6-14(13)17-15(12)18(8-7-16)9-10-19-2/h3-6,11H,7-10H2,1-2H3. The molecule has 0 bridgehead atoms. The van der Waals surface area contributed by atoms with Crippen molar-refractivity contribution in [2.24, 2.45) is 0 Å². The summed E-state index contributed by atoms with van der Waals surface area (Å²) in [5, 5.41) is 2.11. The van der Waals surface area contributed by atoms with Crippen molar-refractivity contribution < 1.29 is 4.74 Å². The number of ether oxygens (including phenoxy) is 1. The maximum atomic E-state index is 5.18. The predicted molar refractivity (Wildman–Crippen MR) is 84.4 cm³/mol. The molecule has 19 heavy (non-hydrogen) atoms. The number of alkyl halides is 1. The summed E-state index contributed by atoms with van der Waals surface area (Å²) >= 11 is 3.50. The molecule has 102 valence electrons. The Kier molecular flexibility index (Phi) is 5.16. The Bertz CT molecular complexity index is 545. The van der Waals surface area contributed by atoms with Crippen molar-refractivity contribution in [2.45, 2.75) is 6.92 Å². The number of anilines is 1. The maximum absolute atomic E-state index is 5.18. The Labute approximate surface area is 122 Å².